The van der Waals surface area contributed by atoms with E-state index in [9.17, 15) is 14.4 Å². The molecule has 0 spiro atoms. The highest BCUT2D eigenvalue weighted by Gasteiger charge is 2.15. The molecule has 0 radical (unpaired) electrons. The second kappa shape index (κ2) is 9.33. The summed E-state index contributed by atoms with van der Waals surface area (Å²) in [7, 11) is 0. The van der Waals surface area contributed by atoms with Gasteiger partial charge in [-0.25, -0.2) is 10.2 Å². The molecule has 0 bridgehead atoms. The smallest absolute Gasteiger partial charge is 0.379 e. The van der Waals surface area contributed by atoms with Crippen LogP contribution >= 0.6 is 0 Å². The van der Waals surface area contributed by atoms with Crippen LogP contribution in [0, 0.1) is 13.8 Å². The fourth-order valence-corrected chi connectivity index (χ4v) is 2.57. The summed E-state index contributed by atoms with van der Waals surface area (Å²) in [6, 6.07) is 15.1. The zero-order valence-corrected chi connectivity index (χ0v) is 16.3. The minimum absolute atomic E-state index is 0.0996. The highest BCUT2D eigenvalue weighted by Crippen LogP contribution is 2.19. The topological polar surface area (TPSA) is 110 Å². The number of para-hydroxylation sites is 1. The van der Waals surface area contributed by atoms with E-state index in [2.05, 4.69) is 15.8 Å². The number of carbonyl (C=O) groups is 3. The summed E-state index contributed by atoms with van der Waals surface area (Å²) < 4.78 is 10.1. The van der Waals surface area contributed by atoms with E-state index in [-0.39, 0.29) is 5.76 Å². The normalized spacial score (nSPS) is 10.6. The van der Waals surface area contributed by atoms with Crippen molar-refractivity contribution in [1.82, 2.24) is 5.43 Å². The molecule has 0 aliphatic rings. The molecular formula is C22H19N3O5. The standard InChI is InChI=1S/C22H19N3O5/c1-14-5-3-6-15(2)19(14)24-20(26)21(27)25-23-13-16-8-10-17(11-9-16)30-22(28)18-7-4-12-29-18/h3-13H,1-2H3,(H,24,26)(H,25,27)/b23-13+. The number of ether oxygens (including phenoxy) is 1. The molecule has 8 heteroatoms. The molecule has 3 rings (SSSR count). The third-order valence-electron chi connectivity index (χ3n) is 4.12. The van der Waals surface area contributed by atoms with Crippen LogP contribution in [0.2, 0.25) is 0 Å². The maximum atomic E-state index is 12.1. The third-order valence-corrected chi connectivity index (χ3v) is 4.12. The number of carbonyl (C=O) groups excluding carboxylic acids is 3. The van der Waals surface area contributed by atoms with E-state index in [1.165, 1.54) is 18.5 Å². The van der Waals surface area contributed by atoms with E-state index < -0.39 is 17.8 Å². The van der Waals surface area contributed by atoms with E-state index in [0.29, 0.717) is 17.0 Å². The minimum Gasteiger partial charge on any atom is -0.457 e. The summed E-state index contributed by atoms with van der Waals surface area (Å²) in [6.45, 7) is 3.68. The lowest BCUT2D eigenvalue weighted by molar-refractivity contribution is -0.136. The molecule has 0 saturated carbocycles. The van der Waals surface area contributed by atoms with Gasteiger partial charge in [-0.1, -0.05) is 18.2 Å². The number of anilines is 1. The summed E-state index contributed by atoms with van der Waals surface area (Å²) in [4.78, 5) is 35.8. The van der Waals surface area contributed by atoms with Gasteiger partial charge < -0.3 is 14.5 Å². The molecule has 3 aromatic rings. The predicted octanol–water partition coefficient (Wildman–Crippen LogP) is 3.20. The van der Waals surface area contributed by atoms with Gasteiger partial charge in [-0.2, -0.15) is 5.10 Å². The van der Waals surface area contributed by atoms with Crippen LogP contribution in [-0.2, 0) is 9.59 Å². The Morgan fingerprint density at radius 1 is 0.933 bits per heavy atom. The van der Waals surface area contributed by atoms with Gasteiger partial charge in [0.05, 0.1) is 12.5 Å². The molecule has 1 heterocycles. The Morgan fingerprint density at radius 3 is 2.27 bits per heavy atom. The fourth-order valence-electron chi connectivity index (χ4n) is 2.57. The lowest BCUT2D eigenvalue weighted by Crippen LogP contribution is -2.32. The van der Waals surface area contributed by atoms with Crippen molar-refractivity contribution in [2.45, 2.75) is 13.8 Å². The van der Waals surface area contributed by atoms with Crippen molar-refractivity contribution in [2.75, 3.05) is 5.32 Å². The van der Waals surface area contributed by atoms with E-state index in [1.807, 2.05) is 32.0 Å². The maximum Gasteiger partial charge on any atom is 0.379 e. The number of benzene rings is 2. The quantitative estimate of drug-likeness (QED) is 0.223. The van der Waals surface area contributed by atoms with Gasteiger partial charge >= 0.3 is 17.8 Å². The van der Waals surface area contributed by atoms with Gasteiger partial charge in [-0.15, -0.1) is 0 Å². The highest BCUT2D eigenvalue weighted by molar-refractivity contribution is 6.39. The fraction of sp³-hybridized carbons (Fsp3) is 0.0909. The second-order valence-corrected chi connectivity index (χ2v) is 6.36. The van der Waals surface area contributed by atoms with Crippen molar-refractivity contribution in [3.05, 3.63) is 83.3 Å². The first-order valence-electron chi connectivity index (χ1n) is 9.00. The Bertz CT molecular complexity index is 1070. The molecule has 2 N–H and O–H groups in total. The lowest BCUT2D eigenvalue weighted by atomic mass is 10.1. The monoisotopic (exact) mass is 405 g/mol. The average Bonchev–Trinajstić information content (AvgIpc) is 3.27. The molecule has 2 amide bonds. The van der Waals surface area contributed by atoms with Gasteiger partial charge in [0.2, 0.25) is 5.76 Å². The van der Waals surface area contributed by atoms with Crippen molar-refractivity contribution in [2.24, 2.45) is 5.10 Å². The molecule has 0 saturated heterocycles. The van der Waals surface area contributed by atoms with E-state index in [0.717, 1.165) is 11.1 Å². The number of furan rings is 1. The molecule has 30 heavy (non-hydrogen) atoms. The van der Waals surface area contributed by atoms with Gasteiger partial charge in [-0.3, -0.25) is 9.59 Å². The molecule has 0 unspecified atom stereocenters. The molecular weight excluding hydrogens is 386 g/mol. The Balaban J connectivity index is 1.52. The summed E-state index contributed by atoms with van der Waals surface area (Å²) in [5, 5.41) is 6.36. The van der Waals surface area contributed by atoms with E-state index in [1.54, 1.807) is 30.3 Å². The minimum atomic E-state index is -0.891. The number of nitrogens with zero attached hydrogens (tertiary/aromatic N) is 1. The van der Waals surface area contributed by atoms with E-state index >= 15 is 0 Å². The number of rotatable bonds is 5. The molecule has 2 aromatic carbocycles. The maximum absolute atomic E-state index is 12.1. The largest absolute Gasteiger partial charge is 0.457 e. The van der Waals surface area contributed by atoms with Crippen molar-refractivity contribution < 1.29 is 23.5 Å². The molecule has 0 aliphatic heterocycles. The van der Waals surface area contributed by atoms with Crippen LogP contribution in [-0.4, -0.2) is 24.0 Å². The van der Waals surface area contributed by atoms with Crippen LogP contribution in [0.25, 0.3) is 0 Å². The Kier molecular flexibility index (Phi) is 6.39. The number of amides is 2. The molecule has 0 atom stereocenters. The van der Waals surface area contributed by atoms with Gasteiger partial charge in [0.15, 0.2) is 0 Å². The van der Waals surface area contributed by atoms with Crippen LogP contribution in [0.15, 0.2) is 70.4 Å². The number of hydrogen-bond donors (Lipinski definition) is 2. The second-order valence-electron chi connectivity index (χ2n) is 6.36. The Hall–Kier alpha value is -4.20. The summed E-state index contributed by atoms with van der Waals surface area (Å²) in [6.07, 6.45) is 2.75. The third kappa shape index (κ3) is 5.20. The van der Waals surface area contributed by atoms with Gasteiger partial charge in [-0.05, 0) is 66.9 Å². The van der Waals surface area contributed by atoms with Gasteiger partial charge in [0, 0.05) is 5.69 Å². The zero-order valence-electron chi connectivity index (χ0n) is 16.3. The molecule has 1 aromatic heterocycles. The van der Waals surface area contributed by atoms with Crippen LogP contribution in [0.3, 0.4) is 0 Å². The van der Waals surface area contributed by atoms with E-state index in [4.69, 9.17) is 9.15 Å². The summed E-state index contributed by atoms with van der Waals surface area (Å²) in [5.41, 5.74) is 5.11. The van der Waals surface area contributed by atoms with Crippen molar-refractivity contribution in [3.8, 4) is 5.75 Å². The molecule has 152 valence electrons. The number of esters is 1. The first-order chi connectivity index (χ1) is 14.4. The van der Waals surface area contributed by atoms with Crippen LogP contribution in [0.1, 0.15) is 27.2 Å². The average molecular weight is 405 g/mol. The molecule has 0 aliphatic carbocycles. The lowest BCUT2D eigenvalue weighted by Gasteiger charge is -2.10. The number of hydrogen-bond acceptors (Lipinski definition) is 6. The first-order valence-corrected chi connectivity index (χ1v) is 9.00. The highest BCUT2D eigenvalue weighted by atomic mass is 16.5. The van der Waals surface area contributed by atoms with Gasteiger partial charge in [0.25, 0.3) is 0 Å². The van der Waals surface area contributed by atoms with Crippen LogP contribution in [0.5, 0.6) is 5.75 Å². The van der Waals surface area contributed by atoms with Crippen molar-refractivity contribution >= 4 is 29.7 Å². The molecule has 0 fully saturated rings. The number of aryl methyl sites for hydroxylation is 2. The predicted molar refractivity (Wildman–Crippen MR) is 110 cm³/mol. The van der Waals surface area contributed by atoms with Gasteiger partial charge in [0.1, 0.15) is 5.75 Å². The number of hydrazone groups is 1. The summed E-state index contributed by atoms with van der Waals surface area (Å²) >= 11 is 0. The van der Waals surface area contributed by atoms with Crippen molar-refractivity contribution in [1.29, 1.82) is 0 Å². The SMILES string of the molecule is Cc1cccc(C)c1NC(=O)C(=O)N/N=C/c1ccc(OC(=O)c2ccco2)cc1. The Labute approximate surface area is 172 Å². The number of nitrogens with one attached hydrogen (secondary N) is 2. The Morgan fingerprint density at radius 2 is 1.63 bits per heavy atom. The van der Waals surface area contributed by atoms with Crippen molar-refractivity contribution in [3.63, 3.8) is 0 Å². The van der Waals surface area contributed by atoms with Crippen LogP contribution in [0.4, 0.5) is 5.69 Å². The summed E-state index contributed by atoms with van der Waals surface area (Å²) in [5.74, 6) is -1.89. The zero-order chi connectivity index (χ0) is 21.5. The first kappa shape index (κ1) is 20.5. The molecule has 8 nitrogen and oxygen atoms in total. The van der Waals surface area contributed by atoms with Crippen LogP contribution < -0.4 is 15.5 Å².